The van der Waals surface area contributed by atoms with Gasteiger partial charge in [-0.2, -0.15) is 0 Å². The Labute approximate surface area is 176 Å². The fourth-order valence-electron chi connectivity index (χ4n) is 4.76. The molecule has 0 radical (unpaired) electrons. The minimum atomic E-state index is -0.260. The number of hydrogen-bond acceptors (Lipinski definition) is 3. The molecule has 8 heteroatoms. The summed E-state index contributed by atoms with van der Waals surface area (Å²) in [5.41, 5.74) is 1.79. The number of aromatic amines is 2. The van der Waals surface area contributed by atoms with Gasteiger partial charge in [-0.25, -0.2) is 4.79 Å². The zero-order chi connectivity index (χ0) is 21.1. The third-order valence-corrected chi connectivity index (χ3v) is 6.68. The highest BCUT2D eigenvalue weighted by Crippen LogP contribution is 2.18. The van der Waals surface area contributed by atoms with E-state index in [-0.39, 0.29) is 23.6 Å². The average Bonchev–Trinajstić information content (AvgIpc) is 2.94. The lowest BCUT2D eigenvalue weighted by atomic mass is 9.94. The van der Waals surface area contributed by atoms with Crippen molar-refractivity contribution in [2.24, 2.45) is 5.92 Å². The molecule has 30 heavy (non-hydrogen) atoms. The van der Waals surface area contributed by atoms with E-state index in [0.717, 1.165) is 51.9 Å². The van der Waals surface area contributed by atoms with Crippen LogP contribution in [0.2, 0.25) is 0 Å². The van der Waals surface area contributed by atoms with Crippen LogP contribution in [0, 0.1) is 5.92 Å². The summed E-state index contributed by atoms with van der Waals surface area (Å²) in [6, 6.07) is 5.14. The number of likely N-dealkylation sites (tertiary alicyclic amines) is 2. The summed E-state index contributed by atoms with van der Waals surface area (Å²) in [5, 5.41) is 2.96. The van der Waals surface area contributed by atoms with Gasteiger partial charge >= 0.3 is 5.69 Å². The molecule has 1 atom stereocenters. The number of quaternary nitrogens is 1. The van der Waals surface area contributed by atoms with E-state index in [1.54, 1.807) is 18.2 Å². The van der Waals surface area contributed by atoms with Crippen LogP contribution in [0.1, 0.15) is 45.4 Å². The highest BCUT2D eigenvalue weighted by atomic mass is 16.2. The molecule has 4 N–H and O–H groups in total. The molecule has 4 rings (SSSR count). The fraction of sp³-hybridized carbons (Fsp3) is 0.591. The van der Waals surface area contributed by atoms with Crippen molar-refractivity contribution in [2.75, 3.05) is 31.5 Å². The Morgan fingerprint density at radius 2 is 1.73 bits per heavy atom. The van der Waals surface area contributed by atoms with Gasteiger partial charge < -0.3 is 25.1 Å². The van der Waals surface area contributed by atoms with Gasteiger partial charge in [0.05, 0.1) is 24.1 Å². The summed E-state index contributed by atoms with van der Waals surface area (Å²) in [4.78, 5) is 45.7. The van der Waals surface area contributed by atoms with Gasteiger partial charge in [0, 0.05) is 37.5 Å². The molecule has 2 amide bonds. The first kappa shape index (κ1) is 20.7. The lowest BCUT2D eigenvalue weighted by Gasteiger charge is -2.34. The molecule has 2 aromatic rings. The van der Waals surface area contributed by atoms with Gasteiger partial charge in [0.25, 0.3) is 5.91 Å². The monoisotopic (exact) mass is 414 g/mol. The summed E-state index contributed by atoms with van der Waals surface area (Å²) >= 11 is 0. The molecule has 3 heterocycles. The second kappa shape index (κ2) is 9.04. The molecule has 0 bridgehead atoms. The molecular weight excluding hydrogens is 382 g/mol. The number of hydrogen-bond donors (Lipinski definition) is 4. The van der Waals surface area contributed by atoms with Crippen LogP contribution in [0.3, 0.4) is 0 Å². The summed E-state index contributed by atoms with van der Waals surface area (Å²) in [6.45, 7) is 5.42. The molecule has 2 aliphatic heterocycles. The van der Waals surface area contributed by atoms with E-state index in [1.165, 1.54) is 17.7 Å². The Morgan fingerprint density at radius 3 is 2.43 bits per heavy atom. The molecular formula is C22H32N5O3+. The molecule has 2 fully saturated rings. The smallest absolute Gasteiger partial charge is 0.323 e. The SMILES string of the molecule is C[C@@H](C(=O)Nc1ccc2[nH]c(=O)[nH]c2c1)[NH+]1CCC(C(=O)N2CCCCCC2)CC1. The molecule has 0 aliphatic carbocycles. The van der Waals surface area contributed by atoms with Gasteiger partial charge in [0.1, 0.15) is 0 Å². The van der Waals surface area contributed by atoms with Gasteiger partial charge in [0.2, 0.25) is 5.91 Å². The zero-order valence-corrected chi connectivity index (χ0v) is 17.6. The van der Waals surface area contributed by atoms with Gasteiger partial charge in [0.15, 0.2) is 6.04 Å². The van der Waals surface area contributed by atoms with Crippen LogP contribution >= 0.6 is 0 Å². The van der Waals surface area contributed by atoms with E-state index >= 15 is 0 Å². The van der Waals surface area contributed by atoms with Crippen molar-refractivity contribution in [1.29, 1.82) is 0 Å². The highest BCUT2D eigenvalue weighted by molar-refractivity contribution is 5.95. The number of carbonyl (C=O) groups is 2. The predicted octanol–water partition coefficient (Wildman–Crippen LogP) is 0.881. The number of benzene rings is 1. The van der Waals surface area contributed by atoms with Crippen molar-refractivity contribution in [3.63, 3.8) is 0 Å². The standard InChI is InChI=1S/C22H31N5O3/c1-15(20(28)23-17-6-7-18-19(14-17)25-22(30)24-18)26-12-8-16(9-13-26)21(29)27-10-4-2-3-5-11-27/h6-7,14-16H,2-5,8-13H2,1H3,(H,23,28)(H2,24,25,30)/p+1/t15-/m0/s1. The van der Waals surface area contributed by atoms with Crippen LogP contribution in [0.15, 0.2) is 23.0 Å². The Kier molecular flexibility index (Phi) is 6.22. The van der Waals surface area contributed by atoms with E-state index in [2.05, 4.69) is 20.2 Å². The van der Waals surface area contributed by atoms with Crippen LogP contribution in [0.4, 0.5) is 5.69 Å². The van der Waals surface area contributed by atoms with Crippen LogP contribution in [0.5, 0.6) is 0 Å². The number of nitrogens with zero attached hydrogens (tertiary/aromatic N) is 1. The van der Waals surface area contributed by atoms with Gasteiger partial charge in [-0.3, -0.25) is 9.59 Å². The predicted molar refractivity (Wildman–Crippen MR) is 115 cm³/mol. The molecule has 2 saturated heterocycles. The molecule has 0 spiro atoms. The van der Waals surface area contributed by atoms with E-state index in [4.69, 9.17) is 0 Å². The van der Waals surface area contributed by atoms with Crippen LogP contribution in [0.25, 0.3) is 11.0 Å². The van der Waals surface area contributed by atoms with Crippen molar-refractivity contribution in [3.05, 3.63) is 28.7 Å². The molecule has 162 valence electrons. The van der Waals surface area contributed by atoms with Crippen molar-refractivity contribution in [3.8, 4) is 0 Å². The molecule has 1 aromatic heterocycles. The second-order valence-corrected chi connectivity index (χ2v) is 8.72. The minimum Gasteiger partial charge on any atom is -0.342 e. The number of anilines is 1. The summed E-state index contributed by atoms with van der Waals surface area (Å²) < 4.78 is 0. The number of H-pyrrole nitrogens is 2. The number of rotatable bonds is 4. The first-order chi connectivity index (χ1) is 14.5. The molecule has 0 unspecified atom stereocenters. The first-order valence-electron chi connectivity index (χ1n) is 11.2. The Hall–Kier alpha value is -2.61. The number of fused-ring (bicyclic) bond motifs is 1. The van der Waals surface area contributed by atoms with Crippen molar-refractivity contribution < 1.29 is 14.5 Å². The van der Waals surface area contributed by atoms with Gasteiger partial charge in [-0.1, -0.05) is 12.8 Å². The molecule has 8 nitrogen and oxygen atoms in total. The lowest BCUT2D eigenvalue weighted by molar-refractivity contribution is -0.919. The van der Waals surface area contributed by atoms with Crippen LogP contribution < -0.4 is 15.9 Å². The maximum Gasteiger partial charge on any atom is 0.323 e. The van der Waals surface area contributed by atoms with Crippen LogP contribution in [-0.4, -0.2) is 58.9 Å². The quantitative estimate of drug-likeness (QED) is 0.597. The average molecular weight is 415 g/mol. The number of imidazole rings is 1. The lowest BCUT2D eigenvalue weighted by Crippen LogP contribution is -3.17. The third-order valence-electron chi connectivity index (χ3n) is 6.68. The Morgan fingerprint density at radius 1 is 1.07 bits per heavy atom. The fourth-order valence-corrected chi connectivity index (χ4v) is 4.76. The van der Waals surface area contributed by atoms with E-state index in [0.29, 0.717) is 22.6 Å². The zero-order valence-electron chi connectivity index (χ0n) is 17.6. The summed E-state index contributed by atoms with van der Waals surface area (Å²) in [5.74, 6) is 0.385. The van der Waals surface area contributed by atoms with Crippen molar-refractivity contribution in [2.45, 2.75) is 51.5 Å². The van der Waals surface area contributed by atoms with Gasteiger partial charge in [-0.05, 0) is 38.0 Å². The van der Waals surface area contributed by atoms with Crippen molar-refractivity contribution in [1.82, 2.24) is 14.9 Å². The van der Waals surface area contributed by atoms with Gasteiger partial charge in [-0.15, -0.1) is 0 Å². The largest absolute Gasteiger partial charge is 0.342 e. The van der Waals surface area contributed by atoms with Crippen molar-refractivity contribution >= 4 is 28.5 Å². The number of nitrogens with one attached hydrogen (secondary N) is 4. The third kappa shape index (κ3) is 4.59. The minimum absolute atomic E-state index is 0.0421. The van der Waals surface area contributed by atoms with E-state index in [9.17, 15) is 14.4 Å². The highest BCUT2D eigenvalue weighted by Gasteiger charge is 2.34. The van der Waals surface area contributed by atoms with E-state index < -0.39 is 0 Å². The Balaban J connectivity index is 1.30. The van der Waals surface area contributed by atoms with Crippen LogP contribution in [-0.2, 0) is 9.59 Å². The summed E-state index contributed by atoms with van der Waals surface area (Å²) in [6.07, 6.45) is 6.39. The molecule has 1 aromatic carbocycles. The molecule has 0 saturated carbocycles. The number of carbonyl (C=O) groups excluding carboxylic acids is 2. The topological polar surface area (TPSA) is 102 Å². The number of aromatic nitrogens is 2. The number of piperidine rings is 1. The Bertz CT molecular complexity index is 949. The molecule has 2 aliphatic rings. The first-order valence-corrected chi connectivity index (χ1v) is 11.2. The maximum atomic E-state index is 12.9. The summed E-state index contributed by atoms with van der Waals surface area (Å²) in [7, 11) is 0. The normalized spacial score (nSPS) is 23.7. The maximum absolute atomic E-state index is 12.9. The number of amides is 2. The van der Waals surface area contributed by atoms with E-state index in [1.807, 2.05) is 6.92 Å². The second-order valence-electron chi connectivity index (χ2n) is 8.72.